The molecular formula is C40H31NS. The average molecular weight is 558 g/mol. The Morgan fingerprint density at radius 2 is 1.19 bits per heavy atom. The number of nitrogens with zero attached hydrogens (tertiary/aromatic N) is 1. The van der Waals surface area contributed by atoms with Gasteiger partial charge in [0.2, 0.25) is 0 Å². The molecule has 2 heteroatoms. The van der Waals surface area contributed by atoms with Crippen molar-refractivity contribution in [2.45, 2.75) is 26.2 Å². The van der Waals surface area contributed by atoms with E-state index in [0.29, 0.717) is 0 Å². The van der Waals surface area contributed by atoms with E-state index in [0.717, 1.165) is 17.1 Å². The maximum Gasteiger partial charge on any atom is 0.0464 e. The van der Waals surface area contributed by atoms with Crippen LogP contribution in [0.5, 0.6) is 0 Å². The summed E-state index contributed by atoms with van der Waals surface area (Å²) in [6, 6.07) is 48.9. The number of aryl methyl sites for hydroxylation is 1. The molecule has 202 valence electrons. The predicted molar refractivity (Wildman–Crippen MR) is 182 cm³/mol. The van der Waals surface area contributed by atoms with E-state index in [4.69, 9.17) is 0 Å². The van der Waals surface area contributed by atoms with E-state index >= 15 is 0 Å². The van der Waals surface area contributed by atoms with Crippen LogP contribution in [0.2, 0.25) is 0 Å². The van der Waals surface area contributed by atoms with E-state index in [1.807, 2.05) is 11.3 Å². The summed E-state index contributed by atoms with van der Waals surface area (Å²) < 4.78 is 2.76. The van der Waals surface area contributed by atoms with Gasteiger partial charge in [0.25, 0.3) is 0 Å². The van der Waals surface area contributed by atoms with Gasteiger partial charge in [0, 0.05) is 48.2 Å². The van der Waals surface area contributed by atoms with Crippen LogP contribution >= 0.6 is 11.3 Å². The van der Waals surface area contributed by atoms with Crippen LogP contribution in [-0.2, 0) is 5.41 Å². The maximum absolute atomic E-state index is 2.37. The molecule has 6 aromatic carbocycles. The minimum absolute atomic E-state index is 0.0108. The molecule has 42 heavy (non-hydrogen) atoms. The molecule has 0 unspecified atom stereocenters. The minimum atomic E-state index is 0.0108. The van der Waals surface area contributed by atoms with E-state index in [1.54, 1.807) is 0 Å². The van der Waals surface area contributed by atoms with E-state index in [2.05, 4.69) is 159 Å². The zero-order valence-electron chi connectivity index (χ0n) is 24.1. The summed E-state index contributed by atoms with van der Waals surface area (Å²) in [4.78, 5) is 2.33. The lowest BCUT2D eigenvalue weighted by Crippen LogP contribution is -2.14. The third kappa shape index (κ3) is 3.76. The number of thiophene rings is 1. The molecule has 1 aromatic heterocycles. The lowest BCUT2D eigenvalue weighted by Gasteiger charge is -2.26. The summed E-state index contributed by atoms with van der Waals surface area (Å²) in [7, 11) is 0. The Balaban J connectivity index is 1.27. The second-order valence-electron chi connectivity index (χ2n) is 11.9. The molecule has 0 saturated carbocycles. The van der Waals surface area contributed by atoms with E-state index in [9.17, 15) is 0 Å². The predicted octanol–water partition coefficient (Wildman–Crippen LogP) is 11.8. The van der Waals surface area contributed by atoms with Crippen molar-refractivity contribution in [1.29, 1.82) is 0 Å². The first-order valence-corrected chi connectivity index (χ1v) is 15.4. The first kappa shape index (κ1) is 25.1. The molecule has 1 aliphatic carbocycles. The summed E-state index contributed by atoms with van der Waals surface area (Å²) in [5.74, 6) is 0. The normalized spacial score (nSPS) is 13.3. The third-order valence-corrected chi connectivity index (χ3v) is 10.2. The SMILES string of the molecule is Cc1cccc(N(c2ccccc2)c2ccc(-c3cccc4c3sc3c5c(ccc34)C(C)(C)c3ccccc3-5)cc2)c1. The van der Waals surface area contributed by atoms with Crippen molar-refractivity contribution in [3.05, 3.63) is 150 Å². The number of rotatable bonds is 4. The average Bonchev–Trinajstić information content (AvgIpc) is 3.51. The minimum Gasteiger partial charge on any atom is -0.310 e. The molecule has 0 bridgehead atoms. The first-order chi connectivity index (χ1) is 20.5. The highest BCUT2D eigenvalue weighted by atomic mass is 32.1. The van der Waals surface area contributed by atoms with Crippen molar-refractivity contribution in [3.8, 4) is 22.3 Å². The summed E-state index contributed by atoms with van der Waals surface area (Å²) in [5, 5.41) is 2.70. The van der Waals surface area contributed by atoms with Crippen molar-refractivity contribution in [2.24, 2.45) is 0 Å². The lowest BCUT2D eigenvalue weighted by molar-refractivity contribution is 0.661. The fraction of sp³-hybridized carbons (Fsp3) is 0.100. The van der Waals surface area contributed by atoms with Crippen LogP contribution in [0.1, 0.15) is 30.5 Å². The molecular weight excluding hydrogens is 527 g/mol. The standard InChI is InChI=1S/C40H31NS/c1-26-11-9-14-30(25-26)41(28-12-5-4-6-13-28)29-21-19-27(20-22-29)31-16-10-17-32-33-23-24-36-37(39(33)42-38(31)32)34-15-7-8-18-35(34)40(36,2)3/h4-25H,1-3H3. The van der Waals surface area contributed by atoms with Gasteiger partial charge in [-0.1, -0.05) is 111 Å². The molecule has 1 aliphatic rings. The Labute approximate surface area is 251 Å². The molecule has 0 fully saturated rings. The monoisotopic (exact) mass is 557 g/mol. The number of hydrogen-bond acceptors (Lipinski definition) is 2. The highest BCUT2D eigenvalue weighted by Crippen LogP contribution is 2.54. The Kier molecular flexibility index (Phi) is 5.64. The molecule has 0 amide bonds. The number of para-hydroxylation sites is 1. The van der Waals surface area contributed by atoms with Crippen molar-refractivity contribution < 1.29 is 0 Å². The van der Waals surface area contributed by atoms with Crippen LogP contribution in [-0.4, -0.2) is 0 Å². The number of hydrogen-bond donors (Lipinski definition) is 0. The molecule has 0 aliphatic heterocycles. The Morgan fingerprint density at radius 1 is 0.524 bits per heavy atom. The van der Waals surface area contributed by atoms with Gasteiger partial charge in [-0.3, -0.25) is 0 Å². The lowest BCUT2D eigenvalue weighted by atomic mass is 9.82. The van der Waals surface area contributed by atoms with Crippen LogP contribution in [0.4, 0.5) is 17.1 Å². The van der Waals surface area contributed by atoms with Gasteiger partial charge in [-0.15, -0.1) is 11.3 Å². The zero-order valence-corrected chi connectivity index (χ0v) is 24.9. The van der Waals surface area contributed by atoms with E-state index < -0.39 is 0 Å². The van der Waals surface area contributed by atoms with Crippen LogP contribution in [0.25, 0.3) is 42.4 Å². The van der Waals surface area contributed by atoms with E-state index in [1.165, 1.54) is 59.1 Å². The molecule has 1 heterocycles. The van der Waals surface area contributed by atoms with Crippen molar-refractivity contribution in [3.63, 3.8) is 0 Å². The van der Waals surface area contributed by atoms with E-state index in [-0.39, 0.29) is 5.41 Å². The van der Waals surface area contributed by atoms with Gasteiger partial charge >= 0.3 is 0 Å². The summed E-state index contributed by atoms with van der Waals surface area (Å²) in [6.07, 6.45) is 0. The quantitative estimate of drug-likeness (QED) is 0.208. The number of fused-ring (bicyclic) bond motifs is 7. The van der Waals surface area contributed by atoms with Gasteiger partial charge in [-0.25, -0.2) is 0 Å². The van der Waals surface area contributed by atoms with Crippen LogP contribution < -0.4 is 4.90 Å². The molecule has 7 aromatic rings. The van der Waals surface area contributed by atoms with Gasteiger partial charge in [0.05, 0.1) is 0 Å². The second kappa shape index (κ2) is 9.44. The van der Waals surface area contributed by atoms with Gasteiger partial charge in [0.1, 0.15) is 0 Å². The molecule has 0 atom stereocenters. The Hall–Kier alpha value is -4.66. The van der Waals surface area contributed by atoms with Gasteiger partial charge < -0.3 is 4.90 Å². The van der Waals surface area contributed by atoms with Crippen LogP contribution in [0, 0.1) is 6.92 Å². The smallest absolute Gasteiger partial charge is 0.0464 e. The highest BCUT2D eigenvalue weighted by Gasteiger charge is 2.36. The van der Waals surface area contributed by atoms with Crippen LogP contribution in [0.15, 0.2) is 133 Å². The fourth-order valence-electron chi connectivity index (χ4n) is 6.85. The molecule has 1 nitrogen and oxygen atoms in total. The zero-order chi connectivity index (χ0) is 28.4. The van der Waals surface area contributed by atoms with Crippen molar-refractivity contribution >= 4 is 48.6 Å². The second-order valence-corrected chi connectivity index (χ2v) is 12.9. The Bertz CT molecular complexity index is 2120. The van der Waals surface area contributed by atoms with Gasteiger partial charge in [0.15, 0.2) is 0 Å². The van der Waals surface area contributed by atoms with Gasteiger partial charge in [-0.2, -0.15) is 0 Å². The van der Waals surface area contributed by atoms with Crippen molar-refractivity contribution in [1.82, 2.24) is 0 Å². The molecule has 0 N–H and O–H groups in total. The number of benzene rings is 6. The van der Waals surface area contributed by atoms with Crippen molar-refractivity contribution in [2.75, 3.05) is 4.90 Å². The Morgan fingerprint density at radius 3 is 2.00 bits per heavy atom. The molecule has 0 spiro atoms. The maximum atomic E-state index is 2.37. The molecule has 8 rings (SSSR count). The molecule has 0 radical (unpaired) electrons. The molecule has 0 saturated heterocycles. The fourth-order valence-corrected chi connectivity index (χ4v) is 8.25. The topological polar surface area (TPSA) is 3.24 Å². The number of anilines is 3. The first-order valence-electron chi connectivity index (χ1n) is 14.6. The largest absolute Gasteiger partial charge is 0.310 e. The summed E-state index contributed by atoms with van der Waals surface area (Å²) in [5.41, 5.74) is 12.9. The third-order valence-electron chi connectivity index (χ3n) is 8.92. The summed E-state index contributed by atoms with van der Waals surface area (Å²) in [6.45, 7) is 6.87. The van der Waals surface area contributed by atoms with Gasteiger partial charge in [-0.05, 0) is 76.7 Å². The van der Waals surface area contributed by atoms with Crippen LogP contribution in [0.3, 0.4) is 0 Å². The summed E-state index contributed by atoms with van der Waals surface area (Å²) >= 11 is 1.95. The highest BCUT2D eigenvalue weighted by molar-refractivity contribution is 7.27.